The maximum absolute atomic E-state index is 13.0. The fourth-order valence-electron chi connectivity index (χ4n) is 2.54. The number of amides is 1. The third-order valence-electron chi connectivity index (χ3n) is 4.00. The van der Waals surface area contributed by atoms with Gasteiger partial charge in [-0.2, -0.15) is 0 Å². The predicted octanol–water partition coefficient (Wildman–Crippen LogP) is 5.05. The van der Waals surface area contributed by atoms with Gasteiger partial charge in [-0.25, -0.2) is 9.37 Å². The molecule has 1 atom stereocenters. The molecule has 3 rings (SSSR count). The molecule has 134 valence electrons. The SMILES string of the molecule is CC(NC(=O)CCc1ncc(-c2ccc(Br)cc2)o1)c1ccc(F)cc1. The predicted molar refractivity (Wildman–Crippen MR) is 101 cm³/mol. The number of carbonyl (C=O) groups excluding carboxylic acids is 1. The average Bonchev–Trinajstić information content (AvgIpc) is 3.10. The van der Waals surface area contributed by atoms with Crippen LogP contribution in [0.1, 0.15) is 30.8 Å². The van der Waals surface area contributed by atoms with Crippen molar-refractivity contribution in [1.29, 1.82) is 0 Å². The van der Waals surface area contributed by atoms with Gasteiger partial charge in [0.05, 0.1) is 12.2 Å². The maximum atomic E-state index is 13.0. The number of nitrogens with zero attached hydrogens (tertiary/aromatic N) is 1. The molecule has 1 amide bonds. The van der Waals surface area contributed by atoms with Crippen LogP contribution in [0.5, 0.6) is 0 Å². The van der Waals surface area contributed by atoms with Crippen molar-refractivity contribution in [2.75, 3.05) is 0 Å². The lowest BCUT2D eigenvalue weighted by Crippen LogP contribution is -2.26. The highest BCUT2D eigenvalue weighted by Gasteiger charge is 2.12. The van der Waals surface area contributed by atoms with E-state index < -0.39 is 0 Å². The number of oxazole rings is 1. The van der Waals surface area contributed by atoms with E-state index in [1.807, 2.05) is 31.2 Å². The molecule has 1 unspecified atom stereocenters. The van der Waals surface area contributed by atoms with Crippen molar-refractivity contribution in [2.24, 2.45) is 0 Å². The fourth-order valence-corrected chi connectivity index (χ4v) is 2.81. The Labute approximate surface area is 159 Å². The molecular weight excluding hydrogens is 399 g/mol. The summed E-state index contributed by atoms with van der Waals surface area (Å²) < 4.78 is 19.7. The van der Waals surface area contributed by atoms with E-state index in [4.69, 9.17) is 4.42 Å². The molecule has 0 spiro atoms. The molecule has 4 nitrogen and oxygen atoms in total. The number of aromatic nitrogens is 1. The zero-order chi connectivity index (χ0) is 18.5. The molecule has 1 N–H and O–H groups in total. The lowest BCUT2D eigenvalue weighted by molar-refractivity contribution is -0.121. The van der Waals surface area contributed by atoms with E-state index in [0.29, 0.717) is 18.1 Å². The van der Waals surface area contributed by atoms with E-state index >= 15 is 0 Å². The number of aryl methyl sites for hydroxylation is 1. The van der Waals surface area contributed by atoms with Crippen LogP contribution in [0.2, 0.25) is 0 Å². The zero-order valence-corrected chi connectivity index (χ0v) is 15.8. The molecule has 1 aromatic heterocycles. The summed E-state index contributed by atoms with van der Waals surface area (Å²) in [4.78, 5) is 16.4. The molecule has 0 radical (unpaired) electrons. The molecule has 0 saturated carbocycles. The van der Waals surface area contributed by atoms with Crippen molar-refractivity contribution < 1.29 is 13.6 Å². The minimum Gasteiger partial charge on any atom is -0.441 e. The molecule has 0 fully saturated rings. The van der Waals surface area contributed by atoms with Crippen LogP contribution >= 0.6 is 15.9 Å². The van der Waals surface area contributed by atoms with Gasteiger partial charge in [0.15, 0.2) is 11.7 Å². The van der Waals surface area contributed by atoms with Crippen LogP contribution in [0, 0.1) is 5.82 Å². The van der Waals surface area contributed by atoms with Crippen molar-refractivity contribution in [1.82, 2.24) is 10.3 Å². The second kappa shape index (κ2) is 8.27. The van der Waals surface area contributed by atoms with Gasteiger partial charge in [0.2, 0.25) is 5.91 Å². The summed E-state index contributed by atoms with van der Waals surface area (Å²) in [5.41, 5.74) is 1.79. The van der Waals surface area contributed by atoms with E-state index in [2.05, 4.69) is 26.2 Å². The molecule has 26 heavy (non-hydrogen) atoms. The van der Waals surface area contributed by atoms with Crippen LogP contribution in [0.4, 0.5) is 4.39 Å². The standard InChI is InChI=1S/C20H18BrFN2O2/c1-13(14-4-8-17(22)9-5-14)24-19(25)10-11-20-23-12-18(26-20)15-2-6-16(21)7-3-15/h2-9,12-13H,10-11H2,1H3,(H,24,25). The van der Waals surface area contributed by atoms with Crippen LogP contribution in [-0.4, -0.2) is 10.9 Å². The third kappa shape index (κ3) is 4.79. The van der Waals surface area contributed by atoms with Gasteiger partial charge in [-0.3, -0.25) is 4.79 Å². The van der Waals surface area contributed by atoms with Gasteiger partial charge < -0.3 is 9.73 Å². The highest BCUT2D eigenvalue weighted by molar-refractivity contribution is 9.10. The lowest BCUT2D eigenvalue weighted by Gasteiger charge is -2.14. The van der Waals surface area contributed by atoms with Gasteiger partial charge in [-0.1, -0.05) is 40.2 Å². The van der Waals surface area contributed by atoms with Gasteiger partial charge >= 0.3 is 0 Å². The Morgan fingerprint density at radius 1 is 1.19 bits per heavy atom. The topological polar surface area (TPSA) is 55.1 Å². The summed E-state index contributed by atoms with van der Waals surface area (Å²) in [6, 6.07) is 13.6. The molecule has 0 saturated heterocycles. The summed E-state index contributed by atoms with van der Waals surface area (Å²) in [6.45, 7) is 1.86. The second-order valence-electron chi connectivity index (χ2n) is 5.97. The summed E-state index contributed by atoms with van der Waals surface area (Å²) in [5.74, 6) is 0.794. The molecule has 0 aliphatic carbocycles. The quantitative estimate of drug-likeness (QED) is 0.611. The van der Waals surface area contributed by atoms with Crippen molar-refractivity contribution in [2.45, 2.75) is 25.8 Å². The summed E-state index contributed by atoms with van der Waals surface area (Å²) in [6.07, 6.45) is 2.35. The first-order valence-electron chi connectivity index (χ1n) is 8.27. The number of carbonyl (C=O) groups is 1. The minimum atomic E-state index is -0.294. The second-order valence-corrected chi connectivity index (χ2v) is 6.88. The van der Waals surface area contributed by atoms with Gasteiger partial charge in [-0.15, -0.1) is 0 Å². The van der Waals surface area contributed by atoms with E-state index in [0.717, 1.165) is 15.6 Å². The highest BCUT2D eigenvalue weighted by atomic mass is 79.9. The Balaban J connectivity index is 1.53. The van der Waals surface area contributed by atoms with Crippen molar-refractivity contribution in [3.8, 4) is 11.3 Å². The Morgan fingerprint density at radius 3 is 2.58 bits per heavy atom. The Hall–Kier alpha value is -2.47. The fraction of sp³-hybridized carbons (Fsp3) is 0.200. The minimum absolute atomic E-state index is 0.106. The average molecular weight is 417 g/mol. The number of hydrogen-bond donors (Lipinski definition) is 1. The third-order valence-corrected chi connectivity index (χ3v) is 4.52. The van der Waals surface area contributed by atoms with Crippen LogP contribution in [0.3, 0.4) is 0 Å². The normalized spacial score (nSPS) is 12.0. The first-order valence-corrected chi connectivity index (χ1v) is 9.06. The first kappa shape index (κ1) is 18.3. The molecule has 3 aromatic rings. The van der Waals surface area contributed by atoms with E-state index in [9.17, 15) is 9.18 Å². The van der Waals surface area contributed by atoms with E-state index in [1.165, 1.54) is 12.1 Å². The Morgan fingerprint density at radius 2 is 1.88 bits per heavy atom. The van der Waals surface area contributed by atoms with Crippen LogP contribution < -0.4 is 5.32 Å². The largest absolute Gasteiger partial charge is 0.441 e. The van der Waals surface area contributed by atoms with Crippen molar-refractivity contribution >= 4 is 21.8 Å². The number of benzene rings is 2. The van der Waals surface area contributed by atoms with Gasteiger partial charge in [0.25, 0.3) is 0 Å². The molecule has 0 aliphatic heterocycles. The number of nitrogens with one attached hydrogen (secondary N) is 1. The molecule has 0 aliphatic rings. The van der Waals surface area contributed by atoms with Crippen LogP contribution in [-0.2, 0) is 11.2 Å². The summed E-state index contributed by atoms with van der Waals surface area (Å²) in [5, 5.41) is 2.89. The summed E-state index contributed by atoms with van der Waals surface area (Å²) in [7, 11) is 0. The zero-order valence-electron chi connectivity index (χ0n) is 14.2. The molecule has 1 heterocycles. The lowest BCUT2D eigenvalue weighted by atomic mass is 10.1. The number of halogens is 2. The van der Waals surface area contributed by atoms with Crippen LogP contribution in [0.15, 0.2) is 63.6 Å². The Kier molecular flexibility index (Phi) is 5.83. The van der Waals surface area contributed by atoms with Gasteiger partial charge in [0.1, 0.15) is 5.82 Å². The smallest absolute Gasteiger partial charge is 0.220 e. The molecule has 2 aromatic carbocycles. The molecule has 0 bridgehead atoms. The highest BCUT2D eigenvalue weighted by Crippen LogP contribution is 2.23. The maximum Gasteiger partial charge on any atom is 0.220 e. The number of hydrogen-bond acceptors (Lipinski definition) is 3. The van der Waals surface area contributed by atoms with Crippen molar-refractivity contribution in [3.63, 3.8) is 0 Å². The molecule has 6 heteroatoms. The monoisotopic (exact) mass is 416 g/mol. The number of rotatable bonds is 6. The van der Waals surface area contributed by atoms with E-state index in [-0.39, 0.29) is 24.2 Å². The molecular formula is C20H18BrFN2O2. The van der Waals surface area contributed by atoms with E-state index in [1.54, 1.807) is 18.3 Å². The van der Waals surface area contributed by atoms with Gasteiger partial charge in [-0.05, 0) is 36.8 Å². The summed E-state index contributed by atoms with van der Waals surface area (Å²) >= 11 is 3.39. The van der Waals surface area contributed by atoms with Crippen molar-refractivity contribution in [3.05, 3.63) is 76.5 Å². The first-order chi connectivity index (χ1) is 12.5. The van der Waals surface area contributed by atoms with Gasteiger partial charge in [0, 0.05) is 22.9 Å². The van der Waals surface area contributed by atoms with Crippen LogP contribution in [0.25, 0.3) is 11.3 Å². The Bertz CT molecular complexity index is 876.